The summed E-state index contributed by atoms with van der Waals surface area (Å²) in [7, 11) is 0. The maximum Gasteiger partial charge on any atom is 0.419 e. The number of nitrogens with one attached hydrogen (secondary N) is 1. The predicted octanol–water partition coefficient (Wildman–Crippen LogP) is 2.89. The highest BCUT2D eigenvalue weighted by Crippen LogP contribution is 2.33. The zero-order valence-electron chi connectivity index (χ0n) is 11.7. The normalized spacial score (nSPS) is 11.7. The number of nitrogens with zero attached hydrogens (tertiary/aromatic N) is 1. The second-order valence-electron chi connectivity index (χ2n) is 4.66. The summed E-state index contributed by atoms with van der Waals surface area (Å²) >= 11 is 0. The Labute approximate surface area is 122 Å². The van der Waals surface area contributed by atoms with Crippen LogP contribution in [0.4, 0.5) is 17.6 Å². The number of aromatic amines is 1. The van der Waals surface area contributed by atoms with E-state index in [0.29, 0.717) is 12.6 Å². The van der Waals surface area contributed by atoms with E-state index in [1.54, 1.807) is 6.92 Å². The number of alkyl halides is 3. The molecule has 0 saturated heterocycles. The lowest BCUT2D eigenvalue weighted by atomic mass is 9.98. The molecule has 0 atom stereocenters. The first kappa shape index (κ1) is 16.0. The van der Waals surface area contributed by atoms with E-state index < -0.39 is 34.5 Å². The van der Waals surface area contributed by atoms with Crippen LogP contribution in [0, 0.1) is 12.7 Å². The number of benzene rings is 1. The lowest BCUT2D eigenvalue weighted by molar-refractivity contribution is -0.140. The molecule has 118 valence electrons. The van der Waals surface area contributed by atoms with Crippen molar-refractivity contribution in [2.45, 2.75) is 26.6 Å². The molecule has 0 spiro atoms. The number of rotatable bonds is 3. The molecule has 0 aliphatic heterocycles. The number of carbonyl (C=O) groups is 1. The molecule has 8 heteroatoms. The number of aryl methyl sites for hydroxylation is 1. The van der Waals surface area contributed by atoms with Crippen molar-refractivity contribution in [3.05, 3.63) is 56.8 Å². The van der Waals surface area contributed by atoms with E-state index in [4.69, 9.17) is 0 Å². The predicted molar refractivity (Wildman–Crippen MR) is 70.3 cm³/mol. The quantitative estimate of drug-likeness (QED) is 0.699. The Balaban J connectivity index is 2.54. The van der Waals surface area contributed by atoms with E-state index in [2.05, 4.69) is 5.10 Å². The van der Waals surface area contributed by atoms with Gasteiger partial charge in [0.25, 0.3) is 5.56 Å². The van der Waals surface area contributed by atoms with Crippen LogP contribution < -0.4 is 5.56 Å². The topological polar surface area (TPSA) is 54.9 Å². The van der Waals surface area contributed by atoms with Gasteiger partial charge >= 0.3 is 6.18 Å². The monoisotopic (exact) mass is 316 g/mol. The smallest absolute Gasteiger partial charge is 0.302 e. The Kier molecular flexibility index (Phi) is 3.95. The summed E-state index contributed by atoms with van der Waals surface area (Å²) in [6.45, 7) is 3.05. The molecule has 1 N–H and O–H groups in total. The second kappa shape index (κ2) is 5.43. The van der Waals surface area contributed by atoms with Gasteiger partial charge in [0, 0.05) is 18.3 Å². The number of carbonyl (C=O) groups excluding carboxylic acids is 1. The van der Waals surface area contributed by atoms with Crippen LogP contribution >= 0.6 is 0 Å². The summed E-state index contributed by atoms with van der Waals surface area (Å²) in [5, 5.41) is 2.55. The lowest BCUT2D eigenvalue weighted by Crippen LogP contribution is -2.22. The van der Waals surface area contributed by atoms with Gasteiger partial charge in [-0.1, -0.05) is 0 Å². The van der Waals surface area contributed by atoms with Crippen LogP contribution in [0.5, 0.6) is 0 Å². The number of H-pyrrole nitrogens is 1. The van der Waals surface area contributed by atoms with Gasteiger partial charge in [0.05, 0.1) is 5.56 Å². The molecule has 1 aromatic heterocycles. The average Bonchev–Trinajstić information content (AvgIpc) is 2.80. The standard InChI is InChI=1S/C14H12F4N2O2/c1-3-20-13(22)9(6-19-20)12(21)8-4-5-10(14(16,17)18)11(15)7(8)2/h4-6,19H,3H2,1-2H3. The van der Waals surface area contributed by atoms with Crippen molar-refractivity contribution in [2.24, 2.45) is 0 Å². The van der Waals surface area contributed by atoms with Crippen molar-refractivity contribution < 1.29 is 22.4 Å². The summed E-state index contributed by atoms with van der Waals surface area (Å²) in [5.74, 6) is -2.33. The fraction of sp³-hybridized carbons (Fsp3) is 0.286. The third kappa shape index (κ3) is 2.56. The molecule has 4 nitrogen and oxygen atoms in total. The molecule has 0 amide bonds. The summed E-state index contributed by atoms with van der Waals surface area (Å²) in [6.07, 6.45) is -3.69. The maximum absolute atomic E-state index is 13.8. The molecule has 0 aliphatic carbocycles. The van der Waals surface area contributed by atoms with Crippen molar-refractivity contribution >= 4 is 5.78 Å². The molecular formula is C14H12F4N2O2. The van der Waals surface area contributed by atoms with Gasteiger partial charge in [0.1, 0.15) is 11.4 Å². The minimum Gasteiger partial charge on any atom is -0.302 e. The van der Waals surface area contributed by atoms with Crippen molar-refractivity contribution in [1.29, 1.82) is 0 Å². The minimum atomic E-state index is -4.85. The van der Waals surface area contributed by atoms with Crippen LogP contribution in [0.3, 0.4) is 0 Å². The molecule has 2 aromatic rings. The number of aromatic nitrogens is 2. The molecule has 1 aromatic carbocycles. The van der Waals surface area contributed by atoms with Crippen molar-refractivity contribution in [2.75, 3.05) is 0 Å². The molecule has 0 radical (unpaired) electrons. The molecule has 0 fully saturated rings. The van der Waals surface area contributed by atoms with Gasteiger partial charge in [-0.15, -0.1) is 0 Å². The first-order valence-electron chi connectivity index (χ1n) is 6.37. The van der Waals surface area contributed by atoms with Gasteiger partial charge < -0.3 is 5.10 Å². The molecule has 1 heterocycles. The molecule has 0 aliphatic rings. The molecule has 22 heavy (non-hydrogen) atoms. The van der Waals surface area contributed by atoms with Crippen molar-refractivity contribution in [3.8, 4) is 0 Å². The minimum absolute atomic E-state index is 0.246. The van der Waals surface area contributed by atoms with Gasteiger partial charge in [-0.05, 0) is 31.5 Å². The van der Waals surface area contributed by atoms with E-state index in [9.17, 15) is 27.2 Å². The van der Waals surface area contributed by atoms with Gasteiger partial charge in [-0.3, -0.25) is 14.3 Å². The maximum atomic E-state index is 13.8. The first-order valence-corrected chi connectivity index (χ1v) is 6.37. The number of hydrogen-bond acceptors (Lipinski definition) is 2. The number of ketones is 1. The fourth-order valence-electron chi connectivity index (χ4n) is 2.10. The summed E-state index contributed by atoms with van der Waals surface area (Å²) < 4.78 is 52.8. The van der Waals surface area contributed by atoms with Gasteiger partial charge in [-0.25, -0.2) is 4.39 Å². The SMILES string of the molecule is CCn1[nH]cc(C(=O)c2ccc(C(F)(F)F)c(F)c2C)c1=O. The largest absolute Gasteiger partial charge is 0.419 e. The van der Waals surface area contributed by atoms with E-state index in [0.717, 1.165) is 23.9 Å². The third-order valence-corrected chi connectivity index (χ3v) is 3.34. The third-order valence-electron chi connectivity index (χ3n) is 3.34. The zero-order chi connectivity index (χ0) is 16.7. The zero-order valence-corrected chi connectivity index (χ0v) is 11.7. The molecular weight excluding hydrogens is 304 g/mol. The van der Waals surface area contributed by atoms with Crippen LogP contribution in [0.25, 0.3) is 0 Å². The van der Waals surface area contributed by atoms with Gasteiger partial charge in [0.2, 0.25) is 5.78 Å². The van der Waals surface area contributed by atoms with Crippen LogP contribution in [0.1, 0.15) is 34.0 Å². The summed E-state index contributed by atoms with van der Waals surface area (Å²) in [6, 6.07) is 1.38. The van der Waals surface area contributed by atoms with Crippen LogP contribution in [-0.4, -0.2) is 15.6 Å². The Bertz CT molecular complexity index is 787. The average molecular weight is 316 g/mol. The molecule has 0 saturated carbocycles. The lowest BCUT2D eigenvalue weighted by Gasteiger charge is -2.12. The van der Waals surface area contributed by atoms with Crippen LogP contribution in [0.2, 0.25) is 0 Å². The fourth-order valence-corrected chi connectivity index (χ4v) is 2.10. The Morgan fingerprint density at radius 3 is 2.41 bits per heavy atom. The van der Waals surface area contributed by atoms with Gasteiger partial charge in [0.15, 0.2) is 0 Å². The molecule has 0 bridgehead atoms. The molecule has 2 rings (SSSR count). The van der Waals surface area contributed by atoms with E-state index in [1.165, 1.54) is 0 Å². The first-order chi connectivity index (χ1) is 10.2. The summed E-state index contributed by atoms with van der Waals surface area (Å²) in [5.41, 5.74) is -3.01. The van der Waals surface area contributed by atoms with Crippen molar-refractivity contribution in [1.82, 2.24) is 9.78 Å². The van der Waals surface area contributed by atoms with Gasteiger partial charge in [-0.2, -0.15) is 13.2 Å². The number of hydrogen-bond donors (Lipinski definition) is 1. The highest BCUT2D eigenvalue weighted by atomic mass is 19.4. The Morgan fingerprint density at radius 2 is 1.91 bits per heavy atom. The Hall–Kier alpha value is -2.38. The second-order valence-corrected chi connectivity index (χ2v) is 4.66. The van der Waals surface area contributed by atoms with Crippen LogP contribution in [0.15, 0.2) is 23.1 Å². The molecule has 0 unspecified atom stereocenters. The van der Waals surface area contributed by atoms with Crippen molar-refractivity contribution in [3.63, 3.8) is 0 Å². The highest BCUT2D eigenvalue weighted by Gasteiger charge is 2.35. The number of halogens is 4. The van der Waals surface area contributed by atoms with E-state index in [1.807, 2.05) is 0 Å². The summed E-state index contributed by atoms with van der Waals surface area (Å²) in [4.78, 5) is 24.1. The highest BCUT2D eigenvalue weighted by molar-refractivity contribution is 6.09. The Morgan fingerprint density at radius 1 is 1.27 bits per heavy atom. The van der Waals surface area contributed by atoms with E-state index >= 15 is 0 Å². The van der Waals surface area contributed by atoms with E-state index in [-0.39, 0.29) is 11.1 Å². The van der Waals surface area contributed by atoms with Crippen LogP contribution in [-0.2, 0) is 12.7 Å².